The minimum absolute atomic E-state index is 0.0635. The Kier molecular flexibility index (Phi) is 6.04. The van der Waals surface area contributed by atoms with Crippen molar-refractivity contribution in [3.63, 3.8) is 0 Å². The standard InChI is InChI=1S/C20H20O9/c21-12-7-11(8-13(22)9-12)2-1-10-3-5-14(6-4-10)28-20-17(25)15(23)16(24)18(29-20)19(26)27/h1-9,15-18,20-25H,(H,26,27)/b2-1+. The molecule has 5 atom stereocenters. The van der Waals surface area contributed by atoms with E-state index >= 15 is 0 Å². The minimum Gasteiger partial charge on any atom is -0.508 e. The second kappa shape index (κ2) is 8.50. The highest BCUT2D eigenvalue weighted by molar-refractivity contribution is 5.73. The van der Waals surface area contributed by atoms with Gasteiger partial charge in [-0.2, -0.15) is 0 Å². The third-order valence-corrected chi connectivity index (χ3v) is 4.34. The largest absolute Gasteiger partial charge is 0.508 e. The normalized spacial score (nSPS) is 27.1. The van der Waals surface area contributed by atoms with Crippen molar-refractivity contribution in [1.29, 1.82) is 0 Å². The quantitative estimate of drug-likeness (QED) is 0.391. The summed E-state index contributed by atoms with van der Waals surface area (Å²) in [7, 11) is 0. The molecule has 5 unspecified atom stereocenters. The third kappa shape index (κ3) is 4.84. The molecule has 0 amide bonds. The van der Waals surface area contributed by atoms with Crippen molar-refractivity contribution in [3.8, 4) is 17.2 Å². The summed E-state index contributed by atoms with van der Waals surface area (Å²) in [6.45, 7) is 0. The number of phenols is 2. The molecule has 0 bridgehead atoms. The van der Waals surface area contributed by atoms with Crippen LogP contribution < -0.4 is 4.74 Å². The van der Waals surface area contributed by atoms with Crippen LogP contribution in [0.25, 0.3) is 12.2 Å². The van der Waals surface area contributed by atoms with Crippen LogP contribution in [-0.4, -0.2) is 67.3 Å². The van der Waals surface area contributed by atoms with E-state index in [9.17, 15) is 30.3 Å². The number of hydrogen-bond donors (Lipinski definition) is 6. The summed E-state index contributed by atoms with van der Waals surface area (Å²) >= 11 is 0. The van der Waals surface area contributed by atoms with Gasteiger partial charge in [0.25, 0.3) is 0 Å². The molecular formula is C20H20O9. The van der Waals surface area contributed by atoms with Crippen molar-refractivity contribution in [1.82, 2.24) is 0 Å². The number of carboxylic acids is 1. The van der Waals surface area contributed by atoms with E-state index in [1.54, 1.807) is 36.4 Å². The highest BCUT2D eigenvalue weighted by Crippen LogP contribution is 2.26. The Labute approximate surface area is 165 Å². The van der Waals surface area contributed by atoms with Gasteiger partial charge in [0, 0.05) is 6.07 Å². The summed E-state index contributed by atoms with van der Waals surface area (Å²) in [6, 6.07) is 10.6. The highest BCUT2D eigenvalue weighted by atomic mass is 16.7. The second-order valence-corrected chi connectivity index (χ2v) is 6.54. The van der Waals surface area contributed by atoms with Crippen molar-refractivity contribution in [3.05, 3.63) is 53.6 Å². The molecule has 9 nitrogen and oxygen atoms in total. The highest BCUT2D eigenvalue weighted by Gasteiger charge is 2.48. The zero-order valence-corrected chi connectivity index (χ0v) is 15.0. The van der Waals surface area contributed by atoms with Crippen molar-refractivity contribution in [2.45, 2.75) is 30.7 Å². The van der Waals surface area contributed by atoms with Gasteiger partial charge in [0.2, 0.25) is 6.29 Å². The number of phenolic OH excluding ortho intramolecular Hbond substituents is 2. The predicted octanol–water partition coefficient (Wildman–Crippen LogP) is 0.539. The maximum absolute atomic E-state index is 11.1. The fraction of sp³-hybridized carbons (Fsp3) is 0.250. The molecule has 3 rings (SSSR count). The first-order chi connectivity index (χ1) is 13.7. The van der Waals surface area contributed by atoms with Crippen LogP contribution in [0.3, 0.4) is 0 Å². The summed E-state index contributed by atoms with van der Waals surface area (Å²) in [5.41, 5.74) is 1.35. The van der Waals surface area contributed by atoms with Crippen LogP contribution in [0.2, 0.25) is 0 Å². The molecule has 0 spiro atoms. The number of carbonyl (C=O) groups is 1. The smallest absolute Gasteiger partial charge is 0.335 e. The van der Waals surface area contributed by atoms with Crippen LogP contribution in [0.15, 0.2) is 42.5 Å². The van der Waals surface area contributed by atoms with Gasteiger partial charge in [-0.05, 0) is 35.4 Å². The molecule has 0 saturated carbocycles. The number of hydrogen-bond acceptors (Lipinski definition) is 8. The Morgan fingerprint density at radius 3 is 2.03 bits per heavy atom. The first-order valence-corrected chi connectivity index (χ1v) is 8.65. The summed E-state index contributed by atoms with van der Waals surface area (Å²) in [4.78, 5) is 11.1. The van der Waals surface area contributed by atoms with Crippen LogP contribution in [0.5, 0.6) is 17.2 Å². The molecule has 2 aromatic carbocycles. The van der Waals surface area contributed by atoms with Gasteiger partial charge in [0.15, 0.2) is 6.10 Å². The lowest BCUT2D eigenvalue weighted by Crippen LogP contribution is -2.61. The maximum atomic E-state index is 11.1. The number of rotatable bonds is 5. The SMILES string of the molecule is O=C(O)C1OC(Oc2ccc(/C=C/c3cc(O)cc(O)c3)cc2)C(O)C(O)C1O. The molecule has 0 aromatic heterocycles. The fourth-order valence-electron chi connectivity index (χ4n) is 2.85. The molecular weight excluding hydrogens is 384 g/mol. The summed E-state index contributed by atoms with van der Waals surface area (Å²) in [6.07, 6.45) is -4.98. The van der Waals surface area contributed by atoms with Crippen LogP contribution in [0, 0.1) is 0 Å². The number of aliphatic hydroxyl groups is 3. The van der Waals surface area contributed by atoms with Crippen LogP contribution >= 0.6 is 0 Å². The Balaban J connectivity index is 1.68. The number of aliphatic hydroxyl groups excluding tert-OH is 3. The van der Waals surface area contributed by atoms with E-state index in [-0.39, 0.29) is 17.2 Å². The zero-order valence-electron chi connectivity index (χ0n) is 15.0. The lowest BCUT2D eigenvalue weighted by atomic mass is 9.99. The molecule has 1 saturated heterocycles. The van der Waals surface area contributed by atoms with E-state index in [0.717, 1.165) is 5.56 Å². The summed E-state index contributed by atoms with van der Waals surface area (Å²) < 4.78 is 10.5. The molecule has 1 aliphatic rings. The first kappa shape index (κ1) is 20.6. The monoisotopic (exact) mass is 404 g/mol. The van der Waals surface area contributed by atoms with E-state index < -0.39 is 36.7 Å². The Bertz CT molecular complexity index is 873. The summed E-state index contributed by atoms with van der Waals surface area (Å²) in [5.74, 6) is -1.37. The molecule has 0 radical (unpaired) electrons. The third-order valence-electron chi connectivity index (χ3n) is 4.34. The Morgan fingerprint density at radius 1 is 0.862 bits per heavy atom. The van der Waals surface area contributed by atoms with E-state index in [0.29, 0.717) is 5.56 Å². The van der Waals surface area contributed by atoms with Gasteiger partial charge in [-0.15, -0.1) is 0 Å². The fourth-order valence-corrected chi connectivity index (χ4v) is 2.85. The Morgan fingerprint density at radius 2 is 1.45 bits per heavy atom. The molecule has 0 aliphatic carbocycles. The Hall–Kier alpha value is -3.11. The molecule has 1 aliphatic heterocycles. The average Bonchev–Trinajstić information content (AvgIpc) is 2.67. The van der Waals surface area contributed by atoms with Gasteiger partial charge in [0.1, 0.15) is 35.6 Å². The zero-order chi connectivity index (χ0) is 21.1. The van der Waals surface area contributed by atoms with Crippen molar-refractivity contribution in [2.24, 2.45) is 0 Å². The molecule has 1 fully saturated rings. The number of benzene rings is 2. The van der Waals surface area contributed by atoms with Crippen molar-refractivity contribution in [2.75, 3.05) is 0 Å². The van der Waals surface area contributed by atoms with Crippen molar-refractivity contribution >= 4 is 18.1 Å². The van der Waals surface area contributed by atoms with E-state index in [1.165, 1.54) is 18.2 Å². The van der Waals surface area contributed by atoms with Crippen LogP contribution in [-0.2, 0) is 9.53 Å². The predicted molar refractivity (Wildman–Crippen MR) is 100 cm³/mol. The van der Waals surface area contributed by atoms with Gasteiger partial charge in [-0.3, -0.25) is 0 Å². The van der Waals surface area contributed by atoms with E-state index in [2.05, 4.69) is 0 Å². The topological polar surface area (TPSA) is 157 Å². The maximum Gasteiger partial charge on any atom is 0.335 e. The molecule has 2 aromatic rings. The molecule has 1 heterocycles. The van der Waals surface area contributed by atoms with Gasteiger partial charge in [-0.1, -0.05) is 24.3 Å². The van der Waals surface area contributed by atoms with Gasteiger partial charge in [0.05, 0.1) is 0 Å². The van der Waals surface area contributed by atoms with Gasteiger partial charge in [-0.25, -0.2) is 4.79 Å². The summed E-state index contributed by atoms with van der Waals surface area (Å²) in [5, 5.41) is 57.5. The van der Waals surface area contributed by atoms with Crippen molar-refractivity contribution < 1.29 is 44.9 Å². The van der Waals surface area contributed by atoms with E-state index in [1.807, 2.05) is 0 Å². The average molecular weight is 404 g/mol. The van der Waals surface area contributed by atoms with Gasteiger partial charge < -0.3 is 40.1 Å². The second-order valence-electron chi connectivity index (χ2n) is 6.54. The van der Waals surface area contributed by atoms with E-state index in [4.69, 9.17) is 14.6 Å². The first-order valence-electron chi connectivity index (χ1n) is 8.65. The molecule has 9 heteroatoms. The van der Waals surface area contributed by atoms with Gasteiger partial charge >= 0.3 is 5.97 Å². The minimum atomic E-state index is -1.79. The number of ether oxygens (including phenoxy) is 2. The lowest BCUT2D eigenvalue weighted by molar-refractivity contribution is -0.271. The number of aliphatic carboxylic acids is 1. The number of aromatic hydroxyl groups is 2. The van der Waals surface area contributed by atoms with Crippen LogP contribution in [0.1, 0.15) is 11.1 Å². The molecule has 29 heavy (non-hydrogen) atoms. The molecule has 6 N–H and O–H groups in total. The van der Waals surface area contributed by atoms with Crippen LogP contribution in [0.4, 0.5) is 0 Å². The lowest BCUT2D eigenvalue weighted by Gasteiger charge is -2.38. The number of carboxylic acid groups (broad SMARTS) is 1. The molecule has 154 valence electrons.